The number of hydrogen-bond donors (Lipinski definition) is 0. The molecular formula is C11H11O3. The molecule has 0 heterocycles. The van der Waals surface area contributed by atoms with E-state index in [1.165, 1.54) is 0 Å². The van der Waals surface area contributed by atoms with Gasteiger partial charge in [-0.1, -0.05) is 25.1 Å². The first-order valence-corrected chi connectivity index (χ1v) is 4.41. The molecule has 0 fully saturated rings. The van der Waals surface area contributed by atoms with Gasteiger partial charge in [-0.15, -0.1) is 0 Å². The Morgan fingerprint density at radius 3 is 2.57 bits per heavy atom. The maximum Gasteiger partial charge on any atom is 0.338 e. The highest BCUT2D eigenvalue weighted by Crippen LogP contribution is 2.04. The van der Waals surface area contributed by atoms with Gasteiger partial charge in [0.25, 0.3) is 0 Å². The highest BCUT2D eigenvalue weighted by atomic mass is 16.5. The molecule has 1 unspecified atom stereocenters. The fraction of sp³-hybridized carbons (Fsp3) is 0.273. The maximum absolute atomic E-state index is 11.4. The summed E-state index contributed by atoms with van der Waals surface area (Å²) in [6.45, 7) is 1.76. The molecule has 73 valence electrons. The first-order chi connectivity index (χ1) is 6.77. The van der Waals surface area contributed by atoms with Crippen LogP contribution in [-0.4, -0.2) is 18.4 Å². The fourth-order valence-corrected chi connectivity index (χ4v) is 0.962. The van der Waals surface area contributed by atoms with Crippen molar-refractivity contribution in [3.05, 3.63) is 35.9 Å². The normalized spacial score (nSPS) is 11.8. The lowest BCUT2D eigenvalue weighted by molar-refractivity contribution is 0.0416. The summed E-state index contributed by atoms with van der Waals surface area (Å²) in [7, 11) is 0. The smallest absolute Gasteiger partial charge is 0.338 e. The third-order valence-corrected chi connectivity index (χ3v) is 1.76. The zero-order chi connectivity index (χ0) is 10.4. The Kier molecular flexibility index (Phi) is 3.85. The van der Waals surface area contributed by atoms with Crippen LogP contribution in [0.4, 0.5) is 0 Å². The molecule has 1 aromatic carbocycles. The minimum atomic E-state index is -0.761. The van der Waals surface area contributed by atoms with Crippen LogP contribution in [0.25, 0.3) is 0 Å². The van der Waals surface area contributed by atoms with Crippen LogP contribution < -0.4 is 0 Å². The molecule has 14 heavy (non-hydrogen) atoms. The molecule has 0 N–H and O–H groups in total. The van der Waals surface area contributed by atoms with Crippen molar-refractivity contribution in [1.82, 2.24) is 0 Å². The minimum Gasteiger partial charge on any atom is -0.450 e. The minimum absolute atomic E-state index is 0.446. The van der Waals surface area contributed by atoms with Crippen molar-refractivity contribution in [1.29, 1.82) is 0 Å². The monoisotopic (exact) mass is 191 g/mol. The van der Waals surface area contributed by atoms with Gasteiger partial charge in [0.05, 0.1) is 5.56 Å². The molecular weight excluding hydrogens is 180 g/mol. The van der Waals surface area contributed by atoms with Crippen LogP contribution in [0, 0.1) is 0 Å². The average Bonchev–Trinajstić information content (AvgIpc) is 2.26. The van der Waals surface area contributed by atoms with Crippen LogP contribution >= 0.6 is 0 Å². The third kappa shape index (κ3) is 2.69. The van der Waals surface area contributed by atoms with E-state index in [1.807, 2.05) is 0 Å². The number of benzene rings is 1. The van der Waals surface area contributed by atoms with Crippen molar-refractivity contribution in [3.63, 3.8) is 0 Å². The van der Waals surface area contributed by atoms with Crippen molar-refractivity contribution in [2.75, 3.05) is 0 Å². The van der Waals surface area contributed by atoms with Crippen LogP contribution in [0.15, 0.2) is 30.3 Å². The summed E-state index contributed by atoms with van der Waals surface area (Å²) in [5.41, 5.74) is 0.446. The van der Waals surface area contributed by atoms with Gasteiger partial charge in [-0.25, -0.2) is 4.79 Å². The van der Waals surface area contributed by atoms with Crippen LogP contribution in [0.3, 0.4) is 0 Å². The van der Waals surface area contributed by atoms with E-state index < -0.39 is 12.1 Å². The molecule has 0 bridgehead atoms. The maximum atomic E-state index is 11.4. The first kappa shape index (κ1) is 10.4. The van der Waals surface area contributed by atoms with E-state index in [0.29, 0.717) is 12.0 Å². The number of carbonyl (C=O) groups is 1. The summed E-state index contributed by atoms with van der Waals surface area (Å²) in [5, 5.41) is 0. The lowest BCUT2D eigenvalue weighted by Crippen LogP contribution is -2.18. The van der Waals surface area contributed by atoms with Crippen LogP contribution in [0.1, 0.15) is 23.7 Å². The van der Waals surface area contributed by atoms with Gasteiger partial charge in [-0.3, -0.25) is 4.79 Å². The fourth-order valence-electron chi connectivity index (χ4n) is 0.962. The molecule has 3 heteroatoms. The molecule has 0 aliphatic rings. The number of hydrogen-bond acceptors (Lipinski definition) is 3. The summed E-state index contributed by atoms with van der Waals surface area (Å²) in [6, 6.07) is 8.56. The number of ether oxygens (including phenoxy) is 1. The van der Waals surface area contributed by atoms with Gasteiger partial charge < -0.3 is 4.74 Å². The van der Waals surface area contributed by atoms with E-state index in [9.17, 15) is 9.59 Å². The molecule has 0 saturated heterocycles. The molecule has 0 aliphatic heterocycles. The van der Waals surface area contributed by atoms with Gasteiger partial charge in [0.2, 0.25) is 6.29 Å². The molecule has 1 atom stereocenters. The second-order valence-corrected chi connectivity index (χ2v) is 2.79. The molecule has 0 aliphatic carbocycles. The Hall–Kier alpha value is -1.64. The SMILES string of the molecule is CCC([C]=O)OC(=O)c1ccccc1. The molecule has 0 saturated carbocycles. The van der Waals surface area contributed by atoms with Gasteiger partial charge in [0.1, 0.15) is 0 Å². The van der Waals surface area contributed by atoms with Crippen LogP contribution in [0.2, 0.25) is 0 Å². The van der Waals surface area contributed by atoms with E-state index in [-0.39, 0.29) is 0 Å². The van der Waals surface area contributed by atoms with Gasteiger partial charge >= 0.3 is 5.97 Å². The third-order valence-electron chi connectivity index (χ3n) is 1.76. The van der Waals surface area contributed by atoms with Crippen molar-refractivity contribution in [2.45, 2.75) is 19.4 Å². The second-order valence-electron chi connectivity index (χ2n) is 2.79. The quantitative estimate of drug-likeness (QED) is 0.681. The van der Waals surface area contributed by atoms with Gasteiger partial charge in [0.15, 0.2) is 6.10 Å². The summed E-state index contributed by atoms with van der Waals surface area (Å²) in [5.74, 6) is -0.485. The molecule has 0 aromatic heterocycles. The highest BCUT2D eigenvalue weighted by molar-refractivity contribution is 5.90. The molecule has 3 nitrogen and oxygen atoms in total. The first-order valence-electron chi connectivity index (χ1n) is 4.41. The Morgan fingerprint density at radius 1 is 1.43 bits per heavy atom. The molecule has 1 aromatic rings. The highest BCUT2D eigenvalue weighted by Gasteiger charge is 2.13. The molecule has 0 spiro atoms. The standard InChI is InChI=1S/C11H11O3/c1-2-10(8-12)14-11(13)9-6-4-3-5-7-9/h3-7,10H,2H2,1H3. The second kappa shape index (κ2) is 5.17. The van der Waals surface area contributed by atoms with Crippen molar-refractivity contribution < 1.29 is 14.3 Å². The zero-order valence-corrected chi connectivity index (χ0v) is 7.90. The number of esters is 1. The van der Waals surface area contributed by atoms with E-state index in [2.05, 4.69) is 0 Å². The summed E-state index contributed by atoms with van der Waals surface area (Å²) < 4.78 is 4.87. The van der Waals surface area contributed by atoms with E-state index in [4.69, 9.17) is 4.74 Å². The van der Waals surface area contributed by atoms with E-state index in [1.54, 1.807) is 43.5 Å². The molecule has 1 rings (SSSR count). The zero-order valence-electron chi connectivity index (χ0n) is 7.90. The Bertz CT molecular complexity index is 306. The average molecular weight is 191 g/mol. The predicted octanol–water partition coefficient (Wildman–Crippen LogP) is 1.73. The summed E-state index contributed by atoms with van der Waals surface area (Å²) in [4.78, 5) is 21.7. The van der Waals surface area contributed by atoms with E-state index in [0.717, 1.165) is 0 Å². The van der Waals surface area contributed by atoms with Gasteiger partial charge in [-0.2, -0.15) is 0 Å². The topological polar surface area (TPSA) is 43.4 Å². The lowest BCUT2D eigenvalue weighted by atomic mass is 10.2. The van der Waals surface area contributed by atoms with E-state index >= 15 is 0 Å². The lowest BCUT2D eigenvalue weighted by Gasteiger charge is -2.08. The Morgan fingerprint density at radius 2 is 2.07 bits per heavy atom. The molecule has 0 amide bonds. The Labute approximate surface area is 82.7 Å². The largest absolute Gasteiger partial charge is 0.450 e. The summed E-state index contributed by atoms with van der Waals surface area (Å²) in [6.07, 6.45) is 1.34. The summed E-state index contributed by atoms with van der Waals surface area (Å²) >= 11 is 0. The van der Waals surface area contributed by atoms with Crippen molar-refractivity contribution in [2.24, 2.45) is 0 Å². The van der Waals surface area contributed by atoms with Crippen LogP contribution in [0.5, 0.6) is 0 Å². The van der Waals surface area contributed by atoms with Crippen molar-refractivity contribution in [3.8, 4) is 0 Å². The molecule has 1 radical (unpaired) electrons. The van der Waals surface area contributed by atoms with Crippen LogP contribution in [-0.2, 0) is 9.53 Å². The predicted molar refractivity (Wildman–Crippen MR) is 51.6 cm³/mol. The van der Waals surface area contributed by atoms with Crippen molar-refractivity contribution >= 4 is 12.3 Å². The van der Waals surface area contributed by atoms with Gasteiger partial charge in [0, 0.05) is 0 Å². The number of rotatable bonds is 4. The Balaban J connectivity index is 2.63. The van der Waals surface area contributed by atoms with Gasteiger partial charge in [-0.05, 0) is 18.6 Å². The number of carbonyl (C=O) groups excluding carboxylic acids is 2.